The molecule has 0 radical (unpaired) electrons. The van der Waals surface area contributed by atoms with Gasteiger partial charge in [-0.25, -0.2) is 13.1 Å². The van der Waals surface area contributed by atoms with E-state index in [0.717, 1.165) is 25.1 Å². The van der Waals surface area contributed by atoms with E-state index in [0.29, 0.717) is 18.3 Å². The highest BCUT2D eigenvalue weighted by atomic mass is 32.2. The highest BCUT2D eigenvalue weighted by Gasteiger charge is 2.29. The standard InChI is InChI=1S/C13H21N3O2S/c1-3-15-19(17,18)11-7-8-12(14)13(9-11)16(4-2)10-5-6-10/h7-10,15H,3-6,14H2,1-2H3. The summed E-state index contributed by atoms with van der Waals surface area (Å²) in [5.74, 6) is 0. The van der Waals surface area contributed by atoms with Gasteiger partial charge in [-0.05, 0) is 38.0 Å². The van der Waals surface area contributed by atoms with Crippen molar-refractivity contribution in [2.45, 2.75) is 37.6 Å². The van der Waals surface area contributed by atoms with Crippen LogP contribution in [0.15, 0.2) is 23.1 Å². The van der Waals surface area contributed by atoms with Gasteiger partial charge in [0.2, 0.25) is 10.0 Å². The van der Waals surface area contributed by atoms with Gasteiger partial charge in [0.05, 0.1) is 16.3 Å². The smallest absolute Gasteiger partial charge is 0.240 e. The fourth-order valence-electron chi connectivity index (χ4n) is 2.22. The van der Waals surface area contributed by atoms with Crippen molar-refractivity contribution in [3.05, 3.63) is 18.2 Å². The molecule has 0 saturated heterocycles. The van der Waals surface area contributed by atoms with Gasteiger partial charge in [-0.2, -0.15) is 0 Å². The number of hydrogen-bond acceptors (Lipinski definition) is 4. The molecular weight excluding hydrogens is 262 g/mol. The van der Waals surface area contributed by atoms with E-state index in [1.807, 2.05) is 0 Å². The number of anilines is 2. The van der Waals surface area contributed by atoms with Crippen LogP contribution >= 0.6 is 0 Å². The summed E-state index contributed by atoms with van der Waals surface area (Å²) in [4.78, 5) is 2.46. The lowest BCUT2D eigenvalue weighted by molar-refractivity contribution is 0.584. The molecule has 3 N–H and O–H groups in total. The van der Waals surface area contributed by atoms with Gasteiger partial charge in [-0.1, -0.05) is 6.92 Å². The quantitative estimate of drug-likeness (QED) is 0.777. The van der Waals surface area contributed by atoms with E-state index in [-0.39, 0.29) is 4.90 Å². The van der Waals surface area contributed by atoms with Crippen molar-refractivity contribution in [2.75, 3.05) is 23.7 Å². The zero-order chi connectivity index (χ0) is 14.0. The first-order valence-electron chi connectivity index (χ1n) is 6.65. The Morgan fingerprint density at radius 3 is 2.58 bits per heavy atom. The molecule has 1 aliphatic carbocycles. The van der Waals surface area contributed by atoms with E-state index < -0.39 is 10.0 Å². The summed E-state index contributed by atoms with van der Waals surface area (Å²) in [5.41, 5.74) is 7.44. The molecule has 0 aliphatic heterocycles. The maximum Gasteiger partial charge on any atom is 0.240 e. The minimum atomic E-state index is -3.43. The Kier molecular flexibility index (Phi) is 4.01. The fourth-order valence-corrected chi connectivity index (χ4v) is 3.28. The zero-order valence-electron chi connectivity index (χ0n) is 11.4. The number of nitrogen functional groups attached to an aromatic ring is 1. The minimum absolute atomic E-state index is 0.276. The van der Waals surface area contributed by atoms with Gasteiger partial charge < -0.3 is 10.6 Å². The monoisotopic (exact) mass is 283 g/mol. The van der Waals surface area contributed by atoms with Crippen LogP contribution in [0.4, 0.5) is 11.4 Å². The maximum atomic E-state index is 12.0. The van der Waals surface area contributed by atoms with Crippen LogP contribution in [0.1, 0.15) is 26.7 Å². The van der Waals surface area contributed by atoms with Crippen LogP contribution in [0.5, 0.6) is 0 Å². The molecule has 1 aliphatic rings. The number of benzene rings is 1. The molecule has 0 aromatic heterocycles. The van der Waals surface area contributed by atoms with Gasteiger partial charge in [0.1, 0.15) is 0 Å². The molecule has 0 heterocycles. The Labute approximate surface area is 114 Å². The first-order chi connectivity index (χ1) is 8.99. The van der Waals surface area contributed by atoms with Gasteiger partial charge in [0.15, 0.2) is 0 Å². The molecular formula is C13H21N3O2S. The largest absolute Gasteiger partial charge is 0.397 e. The molecule has 1 saturated carbocycles. The van der Waals surface area contributed by atoms with E-state index in [2.05, 4.69) is 16.5 Å². The summed E-state index contributed by atoms with van der Waals surface area (Å²) in [6.07, 6.45) is 2.30. The molecule has 1 aromatic carbocycles. The number of nitrogens with zero attached hydrogens (tertiary/aromatic N) is 1. The number of sulfonamides is 1. The van der Waals surface area contributed by atoms with Crippen LogP contribution in [0.2, 0.25) is 0 Å². The molecule has 6 heteroatoms. The topological polar surface area (TPSA) is 75.4 Å². The molecule has 0 unspecified atom stereocenters. The lowest BCUT2D eigenvalue weighted by atomic mass is 10.2. The molecule has 0 amide bonds. The van der Waals surface area contributed by atoms with Gasteiger partial charge in [-0.15, -0.1) is 0 Å². The zero-order valence-corrected chi connectivity index (χ0v) is 12.2. The third-order valence-corrected chi connectivity index (χ3v) is 4.83. The van der Waals surface area contributed by atoms with Crippen molar-refractivity contribution >= 4 is 21.4 Å². The van der Waals surface area contributed by atoms with E-state index in [1.165, 1.54) is 0 Å². The molecule has 0 atom stereocenters. The lowest BCUT2D eigenvalue weighted by Crippen LogP contribution is -2.27. The predicted octanol–water partition coefficient (Wildman–Crippen LogP) is 1.56. The Bertz CT molecular complexity index is 553. The normalized spacial score (nSPS) is 15.5. The highest BCUT2D eigenvalue weighted by molar-refractivity contribution is 7.89. The van der Waals surface area contributed by atoms with Crippen molar-refractivity contribution < 1.29 is 8.42 Å². The summed E-state index contributed by atoms with van der Waals surface area (Å²) in [6, 6.07) is 5.40. The maximum absolute atomic E-state index is 12.0. The lowest BCUT2D eigenvalue weighted by Gasteiger charge is -2.25. The van der Waals surface area contributed by atoms with E-state index >= 15 is 0 Å². The number of hydrogen-bond donors (Lipinski definition) is 2. The highest BCUT2D eigenvalue weighted by Crippen LogP contribution is 2.35. The molecule has 2 rings (SSSR count). The molecule has 1 aromatic rings. The average molecular weight is 283 g/mol. The van der Waals surface area contributed by atoms with Crippen LogP contribution < -0.4 is 15.4 Å². The van der Waals surface area contributed by atoms with Crippen LogP contribution in [-0.4, -0.2) is 27.5 Å². The number of nitrogens with two attached hydrogens (primary N) is 1. The minimum Gasteiger partial charge on any atom is -0.397 e. The summed E-state index contributed by atoms with van der Waals surface area (Å²) in [5, 5.41) is 0. The fraction of sp³-hybridized carbons (Fsp3) is 0.538. The third kappa shape index (κ3) is 3.01. The van der Waals surface area contributed by atoms with Crippen molar-refractivity contribution in [1.82, 2.24) is 4.72 Å². The second-order valence-corrected chi connectivity index (χ2v) is 6.51. The summed E-state index contributed by atoms with van der Waals surface area (Å²) in [6.45, 7) is 5.03. The molecule has 106 valence electrons. The van der Waals surface area contributed by atoms with Crippen LogP contribution in [0.3, 0.4) is 0 Å². The van der Waals surface area contributed by atoms with Crippen molar-refractivity contribution in [3.8, 4) is 0 Å². The SMILES string of the molecule is CCNS(=O)(=O)c1ccc(N)c(N(CC)C2CC2)c1. The van der Waals surface area contributed by atoms with Crippen molar-refractivity contribution in [1.29, 1.82) is 0 Å². The average Bonchev–Trinajstić information content (AvgIpc) is 3.16. The predicted molar refractivity (Wildman–Crippen MR) is 77.8 cm³/mol. The van der Waals surface area contributed by atoms with Gasteiger partial charge in [0.25, 0.3) is 0 Å². The Morgan fingerprint density at radius 1 is 1.37 bits per heavy atom. The van der Waals surface area contributed by atoms with E-state index in [4.69, 9.17) is 5.73 Å². The summed E-state index contributed by atoms with van der Waals surface area (Å²) >= 11 is 0. The molecule has 0 spiro atoms. The first-order valence-corrected chi connectivity index (χ1v) is 8.13. The molecule has 19 heavy (non-hydrogen) atoms. The van der Waals surface area contributed by atoms with E-state index in [1.54, 1.807) is 25.1 Å². The second-order valence-electron chi connectivity index (χ2n) is 4.74. The van der Waals surface area contributed by atoms with E-state index in [9.17, 15) is 8.42 Å². The van der Waals surface area contributed by atoms with Crippen LogP contribution in [0, 0.1) is 0 Å². The van der Waals surface area contributed by atoms with Gasteiger partial charge in [-0.3, -0.25) is 0 Å². The Hall–Kier alpha value is -1.27. The van der Waals surface area contributed by atoms with Crippen molar-refractivity contribution in [2.24, 2.45) is 0 Å². The summed E-state index contributed by atoms with van der Waals surface area (Å²) < 4.78 is 26.5. The van der Waals surface area contributed by atoms with Gasteiger partial charge >= 0.3 is 0 Å². The first kappa shape index (κ1) is 14.1. The summed E-state index contributed by atoms with van der Waals surface area (Å²) in [7, 11) is -3.43. The van der Waals surface area contributed by atoms with Crippen molar-refractivity contribution in [3.63, 3.8) is 0 Å². The molecule has 5 nitrogen and oxygen atoms in total. The molecule has 0 bridgehead atoms. The Morgan fingerprint density at radius 2 is 2.05 bits per heavy atom. The number of rotatable bonds is 6. The van der Waals surface area contributed by atoms with Gasteiger partial charge in [0, 0.05) is 19.1 Å². The Balaban J connectivity index is 2.39. The third-order valence-electron chi connectivity index (χ3n) is 3.28. The van der Waals surface area contributed by atoms with Crippen LogP contribution in [0.25, 0.3) is 0 Å². The second kappa shape index (κ2) is 5.38. The van der Waals surface area contributed by atoms with Crippen LogP contribution in [-0.2, 0) is 10.0 Å². The molecule has 1 fully saturated rings. The number of nitrogens with one attached hydrogen (secondary N) is 1.